The number of amides is 1. The van der Waals surface area contributed by atoms with Crippen LogP contribution in [-0.4, -0.2) is 38.2 Å². The Morgan fingerprint density at radius 3 is 2.88 bits per heavy atom. The van der Waals surface area contributed by atoms with Crippen molar-refractivity contribution in [1.29, 1.82) is 0 Å². The second-order valence-electron chi connectivity index (χ2n) is 6.28. The van der Waals surface area contributed by atoms with E-state index in [1.807, 2.05) is 4.72 Å². The number of carbonyl (C=O) groups is 1. The standard InChI is InChI=1S/C15H15FN3O3S2/c1-24(21,22)18-14(20)9-5-11(16)13-12(6-9)23-15(17-13)19-7-8-2-3-10(19)4-8/h2,5-6,8,10H,3-4,7H2,1H3,(H,18,20)/t8-,10-/m0/s1. The Balaban J connectivity index is 1.69. The van der Waals surface area contributed by atoms with Crippen molar-refractivity contribution in [1.82, 2.24) is 9.71 Å². The lowest BCUT2D eigenvalue weighted by Crippen LogP contribution is -2.31. The fraction of sp³-hybridized carbons (Fsp3) is 0.400. The van der Waals surface area contributed by atoms with Gasteiger partial charge in [-0.05, 0) is 37.3 Å². The number of nitrogens with one attached hydrogen (secondary N) is 1. The SMILES string of the molecule is CS(=O)(=O)NC(=O)c1cc(F)c2nc(N3C[C@H]4[CH]C[C@H]3C4)sc2c1. The van der Waals surface area contributed by atoms with E-state index in [0.717, 1.165) is 36.8 Å². The number of thiazole rings is 1. The van der Waals surface area contributed by atoms with Gasteiger partial charge in [-0.2, -0.15) is 0 Å². The largest absolute Gasteiger partial charge is 0.345 e. The summed E-state index contributed by atoms with van der Waals surface area (Å²) in [6, 6.07) is 2.93. The number of halogens is 1. The smallest absolute Gasteiger partial charge is 0.264 e. The molecule has 9 heteroatoms. The molecule has 2 heterocycles. The van der Waals surface area contributed by atoms with Gasteiger partial charge in [0, 0.05) is 18.2 Å². The highest BCUT2D eigenvalue weighted by Crippen LogP contribution is 2.42. The van der Waals surface area contributed by atoms with Crippen LogP contribution in [0.1, 0.15) is 23.2 Å². The van der Waals surface area contributed by atoms with E-state index in [0.29, 0.717) is 16.7 Å². The Hall–Kier alpha value is -1.74. The van der Waals surface area contributed by atoms with E-state index in [9.17, 15) is 17.6 Å². The first-order valence-electron chi connectivity index (χ1n) is 7.52. The van der Waals surface area contributed by atoms with Gasteiger partial charge in [0.05, 0.1) is 11.0 Å². The normalized spacial score (nSPS) is 23.2. The summed E-state index contributed by atoms with van der Waals surface area (Å²) in [7, 11) is -3.70. The van der Waals surface area contributed by atoms with E-state index < -0.39 is 21.7 Å². The van der Waals surface area contributed by atoms with E-state index in [1.165, 1.54) is 17.4 Å². The highest BCUT2D eigenvalue weighted by molar-refractivity contribution is 7.89. The number of aromatic nitrogens is 1. The minimum absolute atomic E-state index is 0.0306. The van der Waals surface area contributed by atoms with Crippen LogP contribution in [0.25, 0.3) is 10.2 Å². The monoisotopic (exact) mass is 368 g/mol. The number of rotatable bonds is 3. The number of anilines is 1. The minimum Gasteiger partial charge on any atom is -0.345 e. The highest BCUT2D eigenvalue weighted by atomic mass is 32.2. The molecule has 127 valence electrons. The number of hydrogen-bond donors (Lipinski definition) is 1. The molecular weight excluding hydrogens is 353 g/mol. The van der Waals surface area contributed by atoms with Crippen molar-refractivity contribution in [3.63, 3.8) is 0 Å². The first-order valence-corrected chi connectivity index (χ1v) is 10.2. The van der Waals surface area contributed by atoms with Crippen LogP contribution in [0.15, 0.2) is 12.1 Å². The summed E-state index contributed by atoms with van der Waals surface area (Å²) in [5.41, 5.74) is 0.189. The molecule has 1 saturated carbocycles. The van der Waals surface area contributed by atoms with Gasteiger partial charge in [0.2, 0.25) is 10.0 Å². The van der Waals surface area contributed by atoms with Gasteiger partial charge in [-0.25, -0.2) is 22.5 Å². The van der Waals surface area contributed by atoms with Crippen LogP contribution in [0.3, 0.4) is 0 Å². The molecule has 4 rings (SSSR count). The predicted octanol–water partition coefficient (Wildman–Crippen LogP) is 1.93. The Bertz CT molecular complexity index is 941. The van der Waals surface area contributed by atoms with Gasteiger partial charge >= 0.3 is 0 Å². The van der Waals surface area contributed by atoms with Crippen LogP contribution in [0, 0.1) is 18.2 Å². The summed E-state index contributed by atoms with van der Waals surface area (Å²) in [5, 5.41) is 0.755. The fourth-order valence-electron chi connectivity index (χ4n) is 3.39. The lowest BCUT2D eigenvalue weighted by Gasteiger charge is -2.25. The molecule has 1 saturated heterocycles. The number of nitrogens with zero attached hydrogens (tertiary/aromatic N) is 2. The quantitative estimate of drug-likeness (QED) is 0.896. The third kappa shape index (κ3) is 2.75. The first kappa shape index (κ1) is 15.8. The molecular formula is C15H15FN3O3S2. The molecule has 2 aromatic rings. The van der Waals surface area contributed by atoms with Crippen LogP contribution in [0.2, 0.25) is 0 Å². The van der Waals surface area contributed by atoms with E-state index in [2.05, 4.69) is 16.3 Å². The Morgan fingerprint density at radius 1 is 1.46 bits per heavy atom. The molecule has 1 aromatic heterocycles. The second kappa shape index (κ2) is 5.38. The van der Waals surface area contributed by atoms with Crippen LogP contribution in [-0.2, 0) is 10.0 Å². The van der Waals surface area contributed by atoms with E-state index in [4.69, 9.17) is 0 Å². The lowest BCUT2D eigenvalue weighted by atomic mass is 10.1. The molecule has 1 aromatic carbocycles. The summed E-state index contributed by atoms with van der Waals surface area (Å²) in [6.07, 6.45) is 5.33. The molecule has 1 amide bonds. The van der Waals surface area contributed by atoms with Crippen LogP contribution in [0.4, 0.5) is 9.52 Å². The van der Waals surface area contributed by atoms with Gasteiger partial charge in [-0.3, -0.25) is 4.79 Å². The van der Waals surface area contributed by atoms with Crippen molar-refractivity contribution >= 4 is 42.6 Å². The summed E-state index contributed by atoms with van der Waals surface area (Å²) in [4.78, 5) is 18.5. The van der Waals surface area contributed by atoms with E-state index in [-0.39, 0.29) is 11.1 Å². The topological polar surface area (TPSA) is 79.4 Å². The van der Waals surface area contributed by atoms with Crippen LogP contribution in [0.5, 0.6) is 0 Å². The number of hydrogen-bond acceptors (Lipinski definition) is 6. The highest BCUT2D eigenvalue weighted by Gasteiger charge is 2.39. The van der Waals surface area contributed by atoms with Gasteiger partial charge in [-0.15, -0.1) is 0 Å². The van der Waals surface area contributed by atoms with E-state index >= 15 is 0 Å². The molecule has 2 bridgehead atoms. The van der Waals surface area contributed by atoms with Crippen molar-refractivity contribution in [2.45, 2.75) is 18.9 Å². The molecule has 0 unspecified atom stereocenters. The van der Waals surface area contributed by atoms with Gasteiger partial charge < -0.3 is 4.90 Å². The van der Waals surface area contributed by atoms with Crippen molar-refractivity contribution in [2.24, 2.45) is 5.92 Å². The summed E-state index contributed by atoms with van der Waals surface area (Å²) >= 11 is 1.33. The Morgan fingerprint density at radius 2 is 2.25 bits per heavy atom. The van der Waals surface area contributed by atoms with Gasteiger partial charge in [0.15, 0.2) is 10.9 Å². The number of benzene rings is 1. The first-order chi connectivity index (χ1) is 11.3. The van der Waals surface area contributed by atoms with Crippen molar-refractivity contribution in [3.05, 3.63) is 29.9 Å². The Labute approximate surface area is 142 Å². The van der Waals surface area contributed by atoms with Crippen molar-refractivity contribution in [3.8, 4) is 0 Å². The maximum absolute atomic E-state index is 14.3. The number of carbonyl (C=O) groups excluding carboxylic acids is 1. The summed E-state index contributed by atoms with van der Waals surface area (Å²) in [6.45, 7) is 0.896. The predicted molar refractivity (Wildman–Crippen MR) is 90.0 cm³/mol. The van der Waals surface area contributed by atoms with Crippen molar-refractivity contribution < 1.29 is 17.6 Å². The zero-order valence-electron chi connectivity index (χ0n) is 12.8. The third-order valence-corrected chi connectivity index (χ3v) is 6.01. The maximum Gasteiger partial charge on any atom is 0.264 e. The third-order valence-electron chi connectivity index (χ3n) is 4.41. The zero-order chi connectivity index (χ0) is 17.1. The summed E-state index contributed by atoms with van der Waals surface area (Å²) in [5.74, 6) is -0.893. The van der Waals surface area contributed by atoms with Gasteiger partial charge in [0.1, 0.15) is 5.52 Å². The second-order valence-corrected chi connectivity index (χ2v) is 9.04. The molecule has 2 fully saturated rings. The summed E-state index contributed by atoms with van der Waals surface area (Å²) < 4.78 is 39.0. The average Bonchev–Trinajstić information content (AvgIpc) is 3.19. The van der Waals surface area contributed by atoms with Crippen LogP contribution >= 0.6 is 11.3 Å². The zero-order valence-corrected chi connectivity index (χ0v) is 14.5. The van der Waals surface area contributed by atoms with E-state index in [1.54, 1.807) is 0 Å². The van der Waals surface area contributed by atoms with Crippen LogP contribution < -0.4 is 9.62 Å². The molecule has 1 aliphatic carbocycles. The van der Waals surface area contributed by atoms with Gasteiger partial charge in [0.25, 0.3) is 5.91 Å². The molecule has 2 aliphatic rings. The molecule has 24 heavy (non-hydrogen) atoms. The fourth-order valence-corrected chi connectivity index (χ4v) is 4.94. The van der Waals surface area contributed by atoms with Gasteiger partial charge in [-0.1, -0.05) is 11.3 Å². The minimum atomic E-state index is -3.70. The molecule has 1 N–H and O–H groups in total. The Kier molecular flexibility index (Phi) is 3.54. The number of sulfonamides is 1. The molecule has 1 aliphatic heterocycles. The lowest BCUT2D eigenvalue weighted by molar-refractivity contribution is 0.0981. The number of piperidine rings is 1. The molecule has 1 radical (unpaired) electrons. The molecule has 6 nitrogen and oxygen atoms in total. The maximum atomic E-state index is 14.3. The molecule has 2 atom stereocenters. The van der Waals surface area contributed by atoms with Crippen molar-refractivity contribution in [2.75, 3.05) is 17.7 Å². The number of fused-ring (bicyclic) bond motifs is 3. The average molecular weight is 368 g/mol. The molecule has 0 spiro atoms.